The van der Waals surface area contributed by atoms with Gasteiger partial charge in [-0.3, -0.25) is 0 Å². The van der Waals surface area contributed by atoms with E-state index in [0.717, 1.165) is 22.5 Å². The maximum absolute atomic E-state index is 4.45. The summed E-state index contributed by atoms with van der Waals surface area (Å²) < 4.78 is 0. The monoisotopic (exact) mass is 627 g/mol. The molecule has 1 radical (unpaired) electrons. The van der Waals surface area contributed by atoms with Crippen molar-refractivity contribution in [1.29, 1.82) is 0 Å². The summed E-state index contributed by atoms with van der Waals surface area (Å²) in [5, 5.41) is 2.39. The van der Waals surface area contributed by atoms with Crippen LogP contribution in [-0.2, 0) is 20.1 Å². The maximum atomic E-state index is 4.45. The van der Waals surface area contributed by atoms with Gasteiger partial charge in [0.05, 0.1) is 0 Å². The number of aromatic nitrogens is 2. The van der Waals surface area contributed by atoms with E-state index in [-0.39, 0.29) is 20.1 Å². The van der Waals surface area contributed by atoms with Crippen LogP contribution in [0.15, 0.2) is 134 Å². The van der Waals surface area contributed by atoms with Gasteiger partial charge in [0.2, 0.25) is 0 Å². The van der Waals surface area contributed by atoms with Crippen LogP contribution < -0.4 is 0 Å². The Bertz CT molecular complexity index is 1400. The molecule has 171 valence electrons. The fourth-order valence-corrected chi connectivity index (χ4v) is 3.79. The predicted octanol–water partition coefficient (Wildman–Crippen LogP) is 7.92. The Kier molecular flexibility index (Phi) is 8.29. The van der Waals surface area contributed by atoms with Gasteiger partial charge < -0.3 is 9.97 Å². The van der Waals surface area contributed by atoms with E-state index in [1.807, 2.05) is 91.1 Å². The Morgan fingerprint density at radius 2 is 1.31 bits per heavy atom. The van der Waals surface area contributed by atoms with Crippen LogP contribution in [0.2, 0.25) is 0 Å². The van der Waals surface area contributed by atoms with Gasteiger partial charge in [0.1, 0.15) is 0 Å². The number of hydrogen-bond acceptors (Lipinski definition) is 2. The normalized spacial score (nSPS) is 10.1. The number of benzene rings is 4. The molecule has 0 spiro atoms. The summed E-state index contributed by atoms with van der Waals surface area (Å²) in [6.07, 6.45) is 3.65. The second kappa shape index (κ2) is 12.0. The van der Waals surface area contributed by atoms with Crippen molar-refractivity contribution in [2.45, 2.75) is 0 Å². The van der Waals surface area contributed by atoms with Gasteiger partial charge in [-0.2, -0.15) is 0 Å². The Morgan fingerprint density at radius 3 is 2.06 bits per heavy atom. The SMILES string of the molecule is [Ir].[c-]1cc(-c2ccccc2)ccc1-c1ccccn1.[c-]1ccccc1-c1nccc2ccccc12. The van der Waals surface area contributed by atoms with Crippen LogP contribution in [0.25, 0.3) is 44.4 Å². The van der Waals surface area contributed by atoms with Crippen LogP contribution in [0.4, 0.5) is 0 Å². The van der Waals surface area contributed by atoms with Crippen LogP contribution in [0, 0.1) is 12.1 Å². The molecule has 0 saturated carbocycles. The molecule has 0 aliphatic rings. The van der Waals surface area contributed by atoms with Gasteiger partial charge in [-0.1, -0.05) is 77.9 Å². The molecule has 0 unspecified atom stereocenters. The van der Waals surface area contributed by atoms with Gasteiger partial charge in [-0.25, -0.2) is 0 Å². The van der Waals surface area contributed by atoms with E-state index in [4.69, 9.17) is 0 Å². The third-order valence-corrected chi connectivity index (χ3v) is 5.50. The van der Waals surface area contributed by atoms with Crippen LogP contribution >= 0.6 is 0 Å². The molecule has 0 amide bonds. The minimum Gasteiger partial charge on any atom is -0.305 e. The summed E-state index contributed by atoms with van der Waals surface area (Å²) in [7, 11) is 0. The molecule has 4 aromatic carbocycles. The first-order valence-electron chi connectivity index (χ1n) is 11.2. The number of nitrogens with zero attached hydrogens (tertiary/aromatic N) is 2. The molecule has 0 aliphatic carbocycles. The molecule has 0 atom stereocenters. The zero-order chi connectivity index (χ0) is 23.0. The van der Waals surface area contributed by atoms with Crippen LogP contribution in [-0.4, -0.2) is 9.97 Å². The molecule has 0 bridgehead atoms. The van der Waals surface area contributed by atoms with Gasteiger partial charge in [-0.15, -0.1) is 65.7 Å². The largest absolute Gasteiger partial charge is 0.305 e. The summed E-state index contributed by atoms with van der Waals surface area (Å²) >= 11 is 0. The predicted molar refractivity (Wildman–Crippen MR) is 140 cm³/mol. The molecule has 2 heterocycles. The standard InChI is InChI=1S/C17H12N.C15H10N.Ir/c1-2-6-14(7-3-1)15-9-11-16(12-10-15)17-8-4-5-13-18-17;1-2-7-13(8-3-1)15-14-9-5-4-6-12(14)10-11-16-15;/h1-11,13H;1-7,9-11H;/q2*-1;. The van der Waals surface area contributed by atoms with Crippen molar-refractivity contribution < 1.29 is 20.1 Å². The number of hydrogen-bond donors (Lipinski definition) is 0. The average molecular weight is 627 g/mol. The number of rotatable bonds is 3. The second-order valence-corrected chi connectivity index (χ2v) is 7.73. The molecule has 3 heteroatoms. The van der Waals surface area contributed by atoms with E-state index < -0.39 is 0 Å². The third kappa shape index (κ3) is 5.96. The van der Waals surface area contributed by atoms with E-state index in [1.165, 1.54) is 21.9 Å². The van der Waals surface area contributed by atoms with Crippen molar-refractivity contribution in [2.75, 3.05) is 0 Å². The Hall–Kier alpha value is -3.91. The first-order valence-corrected chi connectivity index (χ1v) is 11.2. The summed E-state index contributed by atoms with van der Waals surface area (Å²) in [6.45, 7) is 0. The van der Waals surface area contributed by atoms with Gasteiger partial charge in [-0.05, 0) is 34.3 Å². The van der Waals surface area contributed by atoms with E-state index in [9.17, 15) is 0 Å². The Balaban J connectivity index is 0.000000161. The quantitative estimate of drug-likeness (QED) is 0.187. The molecule has 0 N–H and O–H groups in total. The van der Waals surface area contributed by atoms with E-state index in [1.54, 1.807) is 6.20 Å². The van der Waals surface area contributed by atoms with Crippen molar-refractivity contribution in [3.63, 3.8) is 0 Å². The molecular formula is C32H22IrN2-2. The summed E-state index contributed by atoms with van der Waals surface area (Å²) in [6, 6.07) is 47.1. The topological polar surface area (TPSA) is 25.8 Å². The van der Waals surface area contributed by atoms with E-state index >= 15 is 0 Å². The fraction of sp³-hybridized carbons (Fsp3) is 0. The minimum absolute atomic E-state index is 0. The maximum Gasteiger partial charge on any atom is 0.0167 e. The Labute approximate surface area is 219 Å². The van der Waals surface area contributed by atoms with Gasteiger partial charge >= 0.3 is 0 Å². The molecule has 6 aromatic rings. The zero-order valence-corrected chi connectivity index (χ0v) is 21.3. The van der Waals surface area contributed by atoms with Gasteiger partial charge in [0.25, 0.3) is 0 Å². The van der Waals surface area contributed by atoms with Crippen molar-refractivity contribution in [3.05, 3.63) is 146 Å². The van der Waals surface area contributed by atoms with Crippen LogP contribution in [0.1, 0.15) is 0 Å². The third-order valence-electron chi connectivity index (χ3n) is 5.50. The summed E-state index contributed by atoms with van der Waals surface area (Å²) in [5.74, 6) is 0. The molecule has 2 aromatic heterocycles. The van der Waals surface area contributed by atoms with Crippen molar-refractivity contribution in [1.82, 2.24) is 9.97 Å². The fourth-order valence-electron chi connectivity index (χ4n) is 3.79. The van der Waals surface area contributed by atoms with Gasteiger partial charge in [0.15, 0.2) is 0 Å². The van der Waals surface area contributed by atoms with Crippen molar-refractivity contribution >= 4 is 10.8 Å². The molecule has 0 saturated heterocycles. The average Bonchev–Trinajstić information content (AvgIpc) is 2.95. The molecule has 0 aliphatic heterocycles. The van der Waals surface area contributed by atoms with E-state index in [2.05, 4.69) is 58.5 Å². The smallest absolute Gasteiger partial charge is 0.0167 e. The van der Waals surface area contributed by atoms with Gasteiger partial charge in [0, 0.05) is 32.5 Å². The first kappa shape index (κ1) is 24.2. The minimum atomic E-state index is 0. The number of fused-ring (bicyclic) bond motifs is 1. The Morgan fingerprint density at radius 1 is 0.514 bits per heavy atom. The molecule has 35 heavy (non-hydrogen) atoms. The van der Waals surface area contributed by atoms with Crippen molar-refractivity contribution in [3.8, 4) is 33.6 Å². The zero-order valence-electron chi connectivity index (χ0n) is 18.9. The van der Waals surface area contributed by atoms with E-state index in [0.29, 0.717) is 0 Å². The summed E-state index contributed by atoms with van der Waals surface area (Å²) in [4.78, 5) is 8.77. The number of pyridine rings is 2. The molecular weight excluding hydrogens is 605 g/mol. The molecule has 0 fully saturated rings. The first-order chi connectivity index (χ1) is 16.9. The molecule has 6 rings (SSSR count). The molecule has 2 nitrogen and oxygen atoms in total. The van der Waals surface area contributed by atoms with Crippen molar-refractivity contribution in [2.24, 2.45) is 0 Å². The van der Waals surface area contributed by atoms with Crippen LogP contribution in [0.3, 0.4) is 0 Å². The summed E-state index contributed by atoms with van der Waals surface area (Å²) in [5.41, 5.74) is 6.40. The van der Waals surface area contributed by atoms with Crippen LogP contribution in [0.5, 0.6) is 0 Å². The second-order valence-electron chi connectivity index (χ2n) is 7.73.